The third-order valence-electron chi connectivity index (χ3n) is 3.91. The zero-order valence-electron chi connectivity index (χ0n) is 14.3. The summed E-state index contributed by atoms with van der Waals surface area (Å²) >= 11 is 3.30. The Hall–Kier alpha value is -2.45. The lowest BCUT2D eigenvalue weighted by atomic mass is 10.00. The number of nitrogens with zero attached hydrogens (tertiary/aromatic N) is 3. The van der Waals surface area contributed by atoms with Gasteiger partial charge in [-0.2, -0.15) is 5.26 Å². The topological polar surface area (TPSA) is 57.0 Å². The maximum Gasteiger partial charge on any atom is 0.264 e. The van der Waals surface area contributed by atoms with Crippen molar-refractivity contribution in [2.45, 2.75) is 25.8 Å². The van der Waals surface area contributed by atoms with Crippen molar-refractivity contribution in [1.82, 2.24) is 9.88 Å². The van der Waals surface area contributed by atoms with Gasteiger partial charge >= 0.3 is 0 Å². The third-order valence-corrected chi connectivity index (χ3v) is 4.36. The number of carbonyl (C=O) groups is 1. The summed E-state index contributed by atoms with van der Waals surface area (Å²) < 4.78 is 0.660. The highest BCUT2D eigenvalue weighted by molar-refractivity contribution is 9.10. The van der Waals surface area contributed by atoms with Crippen LogP contribution in [0.4, 0.5) is 0 Å². The van der Waals surface area contributed by atoms with Gasteiger partial charge in [-0.15, -0.1) is 0 Å². The van der Waals surface area contributed by atoms with Crippen LogP contribution >= 0.6 is 15.9 Å². The molecule has 1 heterocycles. The quantitative estimate of drug-likeness (QED) is 0.401. The molecule has 1 amide bonds. The number of benzene rings is 1. The molecule has 0 saturated heterocycles. The van der Waals surface area contributed by atoms with Crippen LogP contribution in [-0.4, -0.2) is 22.8 Å². The third kappa shape index (κ3) is 5.01. The van der Waals surface area contributed by atoms with E-state index in [1.165, 1.54) is 6.08 Å². The molecule has 0 spiro atoms. The van der Waals surface area contributed by atoms with Crippen LogP contribution in [0.1, 0.15) is 37.1 Å². The number of hydrogen-bond acceptors (Lipinski definition) is 3. The number of amides is 1. The van der Waals surface area contributed by atoms with Gasteiger partial charge in [0.2, 0.25) is 0 Å². The molecule has 0 saturated carbocycles. The van der Waals surface area contributed by atoms with Gasteiger partial charge in [0.25, 0.3) is 5.91 Å². The molecule has 0 aliphatic rings. The zero-order valence-corrected chi connectivity index (χ0v) is 15.9. The number of nitriles is 1. The maximum atomic E-state index is 12.8. The number of carbonyl (C=O) groups excluding carboxylic acids is 1. The maximum absolute atomic E-state index is 12.8. The molecule has 0 aliphatic heterocycles. The fourth-order valence-corrected chi connectivity index (χ4v) is 3.02. The number of likely N-dealkylation sites (N-methyl/N-ethyl adjacent to an activating group) is 1. The average Bonchev–Trinajstić information content (AvgIpc) is 2.64. The molecular formula is C20H20BrN3O. The lowest BCUT2D eigenvalue weighted by Gasteiger charge is -2.28. The molecule has 5 heteroatoms. The van der Waals surface area contributed by atoms with E-state index in [0.29, 0.717) is 10.3 Å². The predicted molar refractivity (Wildman–Crippen MR) is 102 cm³/mol. The lowest BCUT2D eigenvalue weighted by molar-refractivity contribution is -0.127. The van der Waals surface area contributed by atoms with Gasteiger partial charge in [-0.05, 0) is 46.1 Å². The Labute approximate surface area is 156 Å². The molecule has 1 aromatic carbocycles. The minimum absolute atomic E-state index is 0.0640. The van der Waals surface area contributed by atoms with E-state index in [0.717, 1.165) is 18.4 Å². The summed E-state index contributed by atoms with van der Waals surface area (Å²) in [7, 11) is 1.75. The van der Waals surface area contributed by atoms with Gasteiger partial charge in [-0.1, -0.05) is 49.7 Å². The minimum Gasteiger partial charge on any atom is -0.334 e. The first kappa shape index (κ1) is 18.9. The Morgan fingerprint density at radius 1 is 1.28 bits per heavy atom. The van der Waals surface area contributed by atoms with Crippen molar-refractivity contribution in [2.24, 2.45) is 0 Å². The van der Waals surface area contributed by atoms with E-state index in [4.69, 9.17) is 0 Å². The van der Waals surface area contributed by atoms with Crippen molar-refractivity contribution in [3.05, 3.63) is 70.0 Å². The van der Waals surface area contributed by atoms with Crippen LogP contribution in [0.2, 0.25) is 0 Å². The number of aromatic nitrogens is 1. The summed E-state index contributed by atoms with van der Waals surface area (Å²) in [6.07, 6.45) is 3.30. The van der Waals surface area contributed by atoms with Gasteiger partial charge in [-0.3, -0.25) is 4.79 Å². The molecule has 0 fully saturated rings. The van der Waals surface area contributed by atoms with Crippen molar-refractivity contribution in [2.75, 3.05) is 7.05 Å². The number of rotatable bonds is 6. The molecule has 2 aromatic rings. The molecule has 0 N–H and O–H groups in total. The summed E-state index contributed by atoms with van der Waals surface area (Å²) in [5.74, 6) is -0.299. The minimum atomic E-state index is -0.299. The van der Waals surface area contributed by atoms with Crippen molar-refractivity contribution in [1.29, 1.82) is 5.26 Å². The second kappa shape index (κ2) is 9.14. The fourth-order valence-electron chi connectivity index (χ4n) is 2.66. The van der Waals surface area contributed by atoms with E-state index in [1.54, 1.807) is 24.1 Å². The van der Waals surface area contributed by atoms with E-state index in [9.17, 15) is 10.1 Å². The van der Waals surface area contributed by atoms with Crippen LogP contribution in [-0.2, 0) is 4.79 Å². The highest BCUT2D eigenvalue weighted by Crippen LogP contribution is 2.26. The Morgan fingerprint density at radius 3 is 2.60 bits per heavy atom. The summed E-state index contributed by atoms with van der Waals surface area (Å²) in [5.41, 5.74) is 1.71. The molecule has 2 rings (SSSR count). The van der Waals surface area contributed by atoms with E-state index in [1.807, 2.05) is 42.5 Å². The number of pyridine rings is 1. The van der Waals surface area contributed by atoms with Crippen molar-refractivity contribution >= 4 is 27.9 Å². The Balaban J connectivity index is 2.30. The molecule has 1 atom stereocenters. The van der Waals surface area contributed by atoms with Gasteiger partial charge in [0.1, 0.15) is 16.2 Å². The Morgan fingerprint density at radius 2 is 2.00 bits per heavy atom. The largest absolute Gasteiger partial charge is 0.334 e. The second-order valence-electron chi connectivity index (χ2n) is 5.69. The summed E-state index contributed by atoms with van der Waals surface area (Å²) in [6, 6.07) is 17.2. The summed E-state index contributed by atoms with van der Waals surface area (Å²) in [4.78, 5) is 18.8. The second-order valence-corrected chi connectivity index (χ2v) is 6.50. The summed E-state index contributed by atoms with van der Waals surface area (Å²) in [5, 5.41) is 9.45. The van der Waals surface area contributed by atoms with Gasteiger partial charge in [-0.25, -0.2) is 4.98 Å². The van der Waals surface area contributed by atoms with Gasteiger partial charge in [0.15, 0.2) is 0 Å². The van der Waals surface area contributed by atoms with Gasteiger partial charge in [0.05, 0.1) is 11.7 Å². The first-order chi connectivity index (χ1) is 12.1. The lowest BCUT2D eigenvalue weighted by Crippen LogP contribution is -2.32. The van der Waals surface area contributed by atoms with Crippen LogP contribution < -0.4 is 0 Å². The summed E-state index contributed by atoms with van der Waals surface area (Å²) in [6.45, 7) is 2.08. The molecule has 128 valence electrons. The van der Waals surface area contributed by atoms with E-state index in [2.05, 4.69) is 27.8 Å². The molecule has 1 unspecified atom stereocenters. The number of hydrogen-bond donors (Lipinski definition) is 0. The van der Waals surface area contributed by atoms with Gasteiger partial charge < -0.3 is 4.90 Å². The van der Waals surface area contributed by atoms with E-state index < -0.39 is 0 Å². The van der Waals surface area contributed by atoms with Crippen molar-refractivity contribution < 1.29 is 4.79 Å². The predicted octanol–water partition coefficient (Wildman–Crippen LogP) is 4.75. The smallest absolute Gasteiger partial charge is 0.264 e. The molecule has 4 nitrogen and oxygen atoms in total. The standard InChI is InChI=1S/C20H20BrN3O/c1-3-8-18(15-9-5-4-6-10-15)24(2)20(25)16(14-22)13-17-11-7-12-19(21)23-17/h4-7,9-13,18H,3,8H2,1-2H3/b16-13+. The molecule has 0 aliphatic carbocycles. The van der Waals surface area contributed by atoms with Crippen molar-refractivity contribution in [3.63, 3.8) is 0 Å². The van der Waals surface area contributed by atoms with E-state index in [-0.39, 0.29) is 17.5 Å². The highest BCUT2D eigenvalue weighted by atomic mass is 79.9. The SMILES string of the molecule is CCCC(c1ccccc1)N(C)C(=O)/C(C#N)=C/c1cccc(Br)n1. The van der Waals surface area contributed by atoms with Crippen LogP contribution in [0.25, 0.3) is 6.08 Å². The molecule has 0 radical (unpaired) electrons. The molecule has 1 aromatic heterocycles. The Bertz CT molecular complexity index is 796. The molecule has 25 heavy (non-hydrogen) atoms. The molecule has 0 bridgehead atoms. The van der Waals surface area contributed by atoms with Crippen LogP contribution in [0.3, 0.4) is 0 Å². The fraction of sp³-hybridized carbons (Fsp3) is 0.250. The molecular weight excluding hydrogens is 378 g/mol. The number of halogens is 1. The van der Waals surface area contributed by atoms with Crippen molar-refractivity contribution in [3.8, 4) is 6.07 Å². The van der Waals surface area contributed by atoms with Crippen LogP contribution in [0.15, 0.2) is 58.7 Å². The van der Waals surface area contributed by atoms with Crippen LogP contribution in [0, 0.1) is 11.3 Å². The van der Waals surface area contributed by atoms with Gasteiger partial charge in [0, 0.05) is 7.05 Å². The average molecular weight is 398 g/mol. The van der Waals surface area contributed by atoms with Crippen LogP contribution in [0.5, 0.6) is 0 Å². The monoisotopic (exact) mass is 397 g/mol. The highest BCUT2D eigenvalue weighted by Gasteiger charge is 2.23. The normalized spacial score (nSPS) is 12.3. The van der Waals surface area contributed by atoms with E-state index >= 15 is 0 Å². The first-order valence-electron chi connectivity index (χ1n) is 8.13. The zero-order chi connectivity index (χ0) is 18.2. The first-order valence-corrected chi connectivity index (χ1v) is 8.92. The Kier molecular flexibility index (Phi) is 6.91.